The van der Waals surface area contributed by atoms with Crippen molar-refractivity contribution in [2.75, 3.05) is 29.9 Å². The number of hydrogen-bond acceptors (Lipinski definition) is 5. The Balaban J connectivity index is 1.43. The highest BCUT2D eigenvalue weighted by Gasteiger charge is 2.19. The third kappa shape index (κ3) is 5.83. The molecule has 2 amide bonds. The summed E-state index contributed by atoms with van der Waals surface area (Å²) in [5.41, 5.74) is 3.18. The maximum Gasteiger partial charge on any atom is 0.328 e. The van der Waals surface area contributed by atoms with Crippen LogP contribution in [0.5, 0.6) is 0 Å². The van der Waals surface area contributed by atoms with Crippen LogP contribution in [-0.4, -0.2) is 43.5 Å². The highest BCUT2D eigenvalue weighted by Crippen LogP contribution is 2.22. The van der Waals surface area contributed by atoms with E-state index in [1.807, 2.05) is 37.3 Å². The second-order valence-corrected chi connectivity index (χ2v) is 7.46. The Morgan fingerprint density at radius 2 is 1.77 bits per heavy atom. The molecule has 158 valence electrons. The topological polar surface area (TPSA) is 87.7 Å². The number of aryl methyl sites for hydroxylation is 1. The second-order valence-electron chi connectivity index (χ2n) is 7.46. The zero-order chi connectivity index (χ0) is 21.5. The number of benzene rings is 2. The first kappa shape index (κ1) is 21.4. The Morgan fingerprint density at radius 3 is 2.43 bits per heavy atom. The molecule has 1 aliphatic rings. The lowest BCUT2D eigenvalue weighted by molar-refractivity contribution is -0.148. The molecule has 3 rings (SSSR count). The lowest BCUT2D eigenvalue weighted by atomic mass is 10.1. The first-order chi connectivity index (χ1) is 14.4. The van der Waals surface area contributed by atoms with E-state index in [1.165, 1.54) is 19.8 Å². The smallest absolute Gasteiger partial charge is 0.328 e. The number of carbonyl (C=O) groups excluding carboxylic acids is 3. The highest BCUT2D eigenvalue weighted by molar-refractivity contribution is 5.97. The van der Waals surface area contributed by atoms with Gasteiger partial charge in [0.15, 0.2) is 6.61 Å². The summed E-state index contributed by atoms with van der Waals surface area (Å²) in [5, 5.41) is 5.28. The fraction of sp³-hybridized carbons (Fsp3) is 0.348. The summed E-state index contributed by atoms with van der Waals surface area (Å²) in [5.74, 6) is -1.48. The van der Waals surface area contributed by atoms with Crippen molar-refractivity contribution in [3.05, 3.63) is 59.7 Å². The summed E-state index contributed by atoms with van der Waals surface area (Å²) >= 11 is 0. The number of ether oxygens (including phenoxy) is 1. The summed E-state index contributed by atoms with van der Waals surface area (Å²) in [6, 6.07) is 13.8. The molecule has 30 heavy (non-hydrogen) atoms. The fourth-order valence-corrected chi connectivity index (χ4v) is 3.31. The quantitative estimate of drug-likeness (QED) is 0.687. The van der Waals surface area contributed by atoms with Crippen LogP contribution in [0.2, 0.25) is 0 Å². The minimum absolute atomic E-state index is 0.370. The van der Waals surface area contributed by atoms with Gasteiger partial charge in [0.25, 0.3) is 11.8 Å². The van der Waals surface area contributed by atoms with Crippen LogP contribution in [0.25, 0.3) is 0 Å². The van der Waals surface area contributed by atoms with E-state index in [2.05, 4.69) is 15.5 Å². The molecule has 0 aromatic heterocycles. The van der Waals surface area contributed by atoms with Gasteiger partial charge in [-0.25, -0.2) is 4.79 Å². The van der Waals surface area contributed by atoms with Crippen molar-refractivity contribution in [3.8, 4) is 0 Å². The van der Waals surface area contributed by atoms with Crippen molar-refractivity contribution in [1.29, 1.82) is 0 Å². The molecule has 0 bridgehead atoms. The minimum Gasteiger partial charge on any atom is -0.454 e. The summed E-state index contributed by atoms with van der Waals surface area (Å²) in [7, 11) is 0. The molecule has 1 saturated heterocycles. The first-order valence-corrected chi connectivity index (χ1v) is 10.1. The van der Waals surface area contributed by atoms with Crippen LogP contribution in [0.15, 0.2) is 48.5 Å². The fourth-order valence-electron chi connectivity index (χ4n) is 3.31. The van der Waals surface area contributed by atoms with Gasteiger partial charge < -0.3 is 20.3 Å². The third-order valence-electron chi connectivity index (χ3n) is 4.95. The van der Waals surface area contributed by atoms with Gasteiger partial charge in [0.2, 0.25) is 0 Å². The molecule has 1 aliphatic heterocycles. The van der Waals surface area contributed by atoms with Gasteiger partial charge in [0, 0.05) is 30.0 Å². The van der Waals surface area contributed by atoms with Crippen molar-refractivity contribution < 1.29 is 19.1 Å². The maximum atomic E-state index is 12.2. The van der Waals surface area contributed by atoms with Crippen molar-refractivity contribution >= 4 is 29.2 Å². The van der Waals surface area contributed by atoms with Crippen molar-refractivity contribution in [2.24, 2.45) is 0 Å². The molecular formula is C23H27N3O4. The van der Waals surface area contributed by atoms with E-state index in [1.54, 1.807) is 18.2 Å². The monoisotopic (exact) mass is 409 g/mol. The van der Waals surface area contributed by atoms with Gasteiger partial charge in [-0.05, 0) is 63.1 Å². The van der Waals surface area contributed by atoms with Gasteiger partial charge in [-0.2, -0.15) is 0 Å². The average Bonchev–Trinajstić information content (AvgIpc) is 3.27. The predicted molar refractivity (Wildman–Crippen MR) is 116 cm³/mol. The minimum atomic E-state index is -0.870. The molecule has 1 heterocycles. The van der Waals surface area contributed by atoms with Crippen molar-refractivity contribution in [2.45, 2.75) is 32.7 Å². The van der Waals surface area contributed by atoms with Crippen LogP contribution >= 0.6 is 0 Å². The van der Waals surface area contributed by atoms with E-state index in [9.17, 15) is 14.4 Å². The van der Waals surface area contributed by atoms with E-state index in [4.69, 9.17) is 4.74 Å². The maximum absolute atomic E-state index is 12.2. The normalized spacial score (nSPS) is 14.1. The van der Waals surface area contributed by atoms with E-state index >= 15 is 0 Å². The number of nitrogens with one attached hydrogen (secondary N) is 2. The number of anilines is 2. The van der Waals surface area contributed by atoms with Gasteiger partial charge in [-0.3, -0.25) is 9.59 Å². The second kappa shape index (κ2) is 9.91. The Labute approximate surface area is 176 Å². The van der Waals surface area contributed by atoms with Crippen LogP contribution in [0.3, 0.4) is 0 Å². The van der Waals surface area contributed by atoms with E-state index < -0.39 is 24.5 Å². The van der Waals surface area contributed by atoms with E-state index in [-0.39, 0.29) is 5.91 Å². The van der Waals surface area contributed by atoms with Crippen LogP contribution < -0.4 is 15.5 Å². The SMILES string of the molecule is Cc1cccc(C(=O)N[C@@H](C)C(=O)OCC(=O)Nc2ccc(N3CCCC3)cc2)c1. The summed E-state index contributed by atoms with van der Waals surface area (Å²) in [4.78, 5) is 38.7. The van der Waals surface area contributed by atoms with E-state index in [0.29, 0.717) is 11.3 Å². The molecule has 2 N–H and O–H groups in total. The molecule has 0 aliphatic carbocycles. The third-order valence-corrected chi connectivity index (χ3v) is 4.95. The first-order valence-electron chi connectivity index (χ1n) is 10.1. The number of hydrogen-bond donors (Lipinski definition) is 2. The van der Waals surface area contributed by atoms with Crippen LogP contribution in [-0.2, 0) is 14.3 Å². The average molecular weight is 409 g/mol. The molecule has 7 heteroatoms. The zero-order valence-electron chi connectivity index (χ0n) is 17.3. The molecular weight excluding hydrogens is 382 g/mol. The van der Waals surface area contributed by atoms with Gasteiger partial charge in [0.05, 0.1) is 0 Å². The number of carbonyl (C=O) groups is 3. The highest BCUT2D eigenvalue weighted by atomic mass is 16.5. The molecule has 1 atom stereocenters. The van der Waals surface area contributed by atoms with Crippen molar-refractivity contribution in [3.63, 3.8) is 0 Å². The summed E-state index contributed by atoms with van der Waals surface area (Å²) in [6.45, 7) is 5.09. The standard InChI is InChI=1S/C23H27N3O4/c1-16-6-5-7-18(14-16)22(28)24-17(2)23(29)30-15-21(27)25-19-8-10-20(11-9-19)26-12-3-4-13-26/h5-11,14,17H,3-4,12-13,15H2,1-2H3,(H,24,28)(H,25,27)/t17-/m0/s1. The number of rotatable bonds is 7. The molecule has 0 radical (unpaired) electrons. The Kier molecular flexibility index (Phi) is 7.06. The van der Waals surface area contributed by atoms with Gasteiger partial charge in [0.1, 0.15) is 6.04 Å². The molecule has 7 nitrogen and oxygen atoms in total. The van der Waals surface area contributed by atoms with Crippen LogP contribution in [0.1, 0.15) is 35.7 Å². The molecule has 1 fully saturated rings. The summed E-state index contributed by atoms with van der Waals surface area (Å²) in [6.07, 6.45) is 2.40. The van der Waals surface area contributed by atoms with Crippen LogP contribution in [0.4, 0.5) is 11.4 Å². The zero-order valence-corrected chi connectivity index (χ0v) is 17.3. The van der Waals surface area contributed by atoms with Gasteiger partial charge >= 0.3 is 5.97 Å². The Hall–Kier alpha value is -3.35. The van der Waals surface area contributed by atoms with Gasteiger partial charge in [-0.1, -0.05) is 17.7 Å². The molecule has 0 spiro atoms. The number of esters is 1. The molecule has 2 aromatic carbocycles. The molecule has 0 unspecified atom stereocenters. The Bertz CT molecular complexity index is 905. The number of nitrogens with zero attached hydrogens (tertiary/aromatic N) is 1. The van der Waals surface area contributed by atoms with Gasteiger partial charge in [-0.15, -0.1) is 0 Å². The predicted octanol–water partition coefficient (Wildman–Crippen LogP) is 2.90. The Morgan fingerprint density at radius 1 is 1.07 bits per heavy atom. The van der Waals surface area contributed by atoms with Crippen molar-refractivity contribution in [1.82, 2.24) is 5.32 Å². The molecule has 2 aromatic rings. The van der Waals surface area contributed by atoms with E-state index in [0.717, 1.165) is 24.3 Å². The summed E-state index contributed by atoms with van der Waals surface area (Å²) < 4.78 is 5.03. The number of amides is 2. The lowest BCUT2D eigenvalue weighted by Crippen LogP contribution is -2.40. The lowest BCUT2D eigenvalue weighted by Gasteiger charge is -2.18. The molecule has 0 saturated carbocycles. The largest absolute Gasteiger partial charge is 0.454 e. The van der Waals surface area contributed by atoms with Crippen LogP contribution in [0, 0.1) is 6.92 Å².